The molecule has 0 aliphatic carbocycles. The zero-order valence-electron chi connectivity index (χ0n) is 11.8. The molecule has 0 bridgehead atoms. The average Bonchev–Trinajstić information content (AvgIpc) is 2.31. The fourth-order valence-electron chi connectivity index (χ4n) is 1.99. The molecule has 0 aromatic heterocycles. The van der Waals surface area contributed by atoms with Gasteiger partial charge in [0.15, 0.2) is 0 Å². The van der Waals surface area contributed by atoms with Gasteiger partial charge in [0.2, 0.25) is 0 Å². The number of alkyl halides is 3. The average molecular weight is 273 g/mol. The van der Waals surface area contributed by atoms with Crippen molar-refractivity contribution in [2.75, 3.05) is 5.32 Å². The molecule has 0 saturated carbocycles. The quantitative estimate of drug-likeness (QED) is 0.685. The number of hydrogen-bond donors (Lipinski definition) is 1. The summed E-state index contributed by atoms with van der Waals surface area (Å²) in [6.45, 7) is 5.96. The molecule has 0 aliphatic rings. The van der Waals surface area contributed by atoms with Gasteiger partial charge in [-0.25, -0.2) is 0 Å². The molecule has 19 heavy (non-hydrogen) atoms. The maximum absolute atomic E-state index is 12.7. The van der Waals surface area contributed by atoms with Crippen LogP contribution in [0.2, 0.25) is 0 Å². The Labute approximate surface area is 113 Å². The number of anilines is 1. The highest BCUT2D eigenvalue weighted by Gasteiger charge is 2.30. The minimum Gasteiger partial charge on any atom is -0.382 e. The molecule has 0 radical (unpaired) electrons. The van der Waals surface area contributed by atoms with Crippen LogP contribution in [0.15, 0.2) is 18.2 Å². The predicted octanol–water partition coefficient (Wildman–Crippen LogP) is 5.39. The SMILES string of the molecule is CCCCCC(C)Nc1cc(C(F)(F)F)ccc1C. The van der Waals surface area contributed by atoms with E-state index in [0.717, 1.165) is 37.3 Å². The molecule has 1 N–H and O–H groups in total. The van der Waals surface area contributed by atoms with Crippen molar-refractivity contribution in [2.24, 2.45) is 0 Å². The van der Waals surface area contributed by atoms with Gasteiger partial charge >= 0.3 is 6.18 Å². The van der Waals surface area contributed by atoms with Crippen molar-refractivity contribution in [3.8, 4) is 0 Å². The Balaban J connectivity index is 2.71. The molecule has 0 spiro atoms. The summed E-state index contributed by atoms with van der Waals surface area (Å²) in [7, 11) is 0. The summed E-state index contributed by atoms with van der Waals surface area (Å²) in [5.74, 6) is 0. The van der Waals surface area contributed by atoms with Gasteiger partial charge < -0.3 is 5.32 Å². The van der Waals surface area contributed by atoms with Crippen molar-refractivity contribution in [1.82, 2.24) is 0 Å². The van der Waals surface area contributed by atoms with Crippen LogP contribution in [0.3, 0.4) is 0 Å². The third-order valence-corrected chi connectivity index (χ3v) is 3.21. The summed E-state index contributed by atoms with van der Waals surface area (Å²) in [4.78, 5) is 0. The second-order valence-electron chi connectivity index (χ2n) is 5.07. The van der Waals surface area contributed by atoms with E-state index in [2.05, 4.69) is 12.2 Å². The Morgan fingerprint density at radius 3 is 2.47 bits per heavy atom. The molecule has 0 amide bonds. The van der Waals surface area contributed by atoms with Gasteiger partial charge in [-0.1, -0.05) is 32.3 Å². The number of nitrogens with one attached hydrogen (secondary N) is 1. The Morgan fingerprint density at radius 2 is 1.89 bits per heavy atom. The number of halogens is 3. The van der Waals surface area contributed by atoms with Crippen molar-refractivity contribution in [2.45, 2.75) is 58.7 Å². The summed E-state index contributed by atoms with van der Waals surface area (Å²) in [5, 5.41) is 3.18. The van der Waals surface area contributed by atoms with Crippen LogP contribution >= 0.6 is 0 Å². The third-order valence-electron chi connectivity index (χ3n) is 3.21. The summed E-state index contributed by atoms with van der Waals surface area (Å²) in [6.07, 6.45) is 0.102. The van der Waals surface area contributed by atoms with Crippen molar-refractivity contribution < 1.29 is 13.2 Å². The van der Waals surface area contributed by atoms with Crippen LogP contribution in [-0.4, -0.2) is 6.04 Å². The number of benzene rings is 1. The van der Waals surface area contributed by atoms with E-state index in [4.69, 9.17) is 0 Å². The standard InChI is InChI=1S/C15H22F3N/c1-4-5-6-7-12(3)19-14-10-13(15(16,17)18)9-8-11(14)2/h8-10,12,19H,4-7H2,1-3H3. The number of hydrogen-bond acceptors (Lipinski definition) is 1. The van der Waals surface area contributed by atoms with Crippen LogP contribution in [-0.2, 0) is 6.18 Å². The fourth-order valence-corrected chi connectivity index (χ4v) is 1.99. The highest BCUT2D eigenvalue weighted by Crippen LogP contribution is 2.32. The Hall–Kier alpha value is -1.19. The number of rotatable bonds is 6. The fraction of sp³-hybridized carbons (Fsp3) is 0.600. The van der Waals surface area contributed by atoms with Gasteiger partial charge in [-0.2, -0.15) is 13.2 Å². The molecule has 0 heterocycles. The van der Waals surface area contributed by atoms with E-state index in [1.165, 1.54) is 12.1 Å². The first-order chi connectivity index (χ1) is 8.84. The third kappa shape index (κ3) is 5.13. The lowest BCUT2D eigenvalue weighted by molar-refractivity contribution is -0.137. The molecule has 108 valence electrons. The summed E-state index contributed by atoms with van der Waals surface area (Å²) in [5.41, 5.74) is 0.829. The van der Waals surface area contributed by atoms with Crippen LogP contribution in [0.25, 0.3) is 0 Å². The molecule has 1 nitrogen and oxygen atoms in total. The first-order valence-electron chi connectivity index (χ1n) is 6.79. The highest BCUT2D eigenvalue weighted by atomic mass is 19.4. The first kappa shape index (κ1) is 15.9. The normalized spacial score (nSPS) is 13.4. The highest BCUT2D eigenvalue weighted by molar-refractivity contribution is 5.53. The summed E-state index contributed by atoms with van der Waals surface area (Å²) >= 11 is 0. The van der Waals surface area contributed by atoms with Crippen LogP contribution in [0, 0.1) is 6.92 Å². The molecule has 1 aromatic rings. The molecule has 1 atom stereocenters. The van der Waals surface area contributed by atoms with Crippen molar-refractivity contribution in [3.63, 3.8) is 0 Å². The molecular formula is C15H22F3N. The van der Waals surface area contributed by atoms with Gasteiger partial charge in [0.1, 0.15) is 0 Å². The molecule has 0 aliphatic heterocycles. The van der Waals surface area contributed by atoms with Crippen molar-refractivity contribution >= 4 is 5.69 Å². The second-order valence-corrected chi connectivity index (χ2v) is 5.07. The van der Waals surface area contributed by atoms with E-state index in [1.54, 1.807) is 0 Å². The molecule has 4 heteroatoms. The van der Waals surface area contributed by atoms with Gasteiger partial charge in [0, 0.05) is 11.7 Å². The van der Waals surface area contributed by atoms with Gasteiger partial charge in [-0.15, -0.1) is 0 Å². The Kier molecular flexibility index (Phi) is 5.70. The van der Waals surface area contributed by atoms with E-state index < -0.39 is 11.7 Å². The number of aryl methyl sites for hydroxylation is 1. The smallest absolute Gasteiger partial charge is 0.382 e. The molecule has 0 fully saturated rings. The summed E-state index contributed by atoms with van der Waals surface area (Å²) in [6, 6.07) is 4.03. The van der Waals surface area contributed by atoms with E-state index >= 15 is 0 Å². The Morgan fingerprint density at radius 1 is 1.21 bits per heavy atom. The lowest BCUT2D eigenvalue weighted by Crippen LogP contribution is -2.16. The Bertz CT molecular complexity index is 399. The van der Waals surface area contributed by atoms with Crippen LogP contribution < -0.4 is 5.32 Å². The van der Waals surface area contributed by atoms with Crippen molar-refractivity contribution in [1.29, 1.82) is 0 Å². The minimum atomic E-state index is -4.28. The predicted molar refractivity (Wildman–Crippen MR) is 73.4 cm³/mol. The van der Waals surface area contributed by atoms with Crippen molar-refractivity contribution in [3.05, 3.63) is 29.3 Å². The largest absolute Gasteiger partial charge is 0.416 e. The van der Waals surface area contributed by atoms with Crippen LogP contribution in [0.1, 0.15) is 50.7 Å². The lowest BCUT2D eigenvalue weighted by atomic mass is 10.1. The van der Waals surface area contributed by atoms with E-state index in [9.17, 15) is 13.2 Å². The van der Waals surface area contributed by atoms with Gasteiger partial charge in [-0.3, -0.25) is 0 Å². The van der Waals surface area contributed by atoms with E-state index in [1.807, 2.05) is 13.8 Å². The maximum Gasteiger partial charge on any atom is 0.416 e. The second kappa shape index (κ2) is 6.83. The van der Waals surface area contributed by atoms with E-state index in [0.29, 0.717) is 5.69 Å². The molecule has 0 saturated heterocycles. The van der Waals surface area contributed by atoms with Gasteiger partial charge in [0.05, 0.1) is 5.56 Å². The van der Waals surface area contributed by atoms with Crippen LogP contribution in [0.5, 0.6) is 0 Å². The summed E-state index contributed by atoms with van der Waals surface area (Å²) < 4.78 is 38.0. The van der Waals surface area contributed by atoms with E-state index in [-0.39, 0.29) is 6.04 Å². The zero-order chi connectivity index (χ0) is 14.5. The molecule has 1 aromatic carbocycles. The van der Waals surface area contributed by atoms with Gasteiger partial charge in [0.25, 0.3) is 0 Å². The molecular weight excluding hydrogens is 251 g/mol. The zero-order valence-corrected chi connectivity index (χ0v) is 11.8. The van der Waals surface area contributed by atoms with Crippen LogP contribution in [0.4, 0.5) is 18.9 Å². The maximum atomic E-state index is 12.7. The topological polar surface area (TPSA) is 12.0 Å². The lowest BCUT2D eigenvalue weighted by Gasteiger charge is -2.18. The molecule has 1 rings (SSSR count). The number of unbranched alkanes of at least 4 members (excludes halogenated alkanes) is 2. The molecule has 1 unspecified atom stereocenters. The van der Waals surface area contributed by atoms with Gasteiger partial charge in [-0.05, 0) is 38.0 Å². The minimum absolute atomic E-state index is 0.189. The first-order valence-corrected chi connectivity index (χ1v) is 6.79. The monoisotopic (exact) mass is 273 g/mol.